The van der Waals surface area contributed by atoms with Crippen LogP contribution in [0.2, 0.25) is 0 Å². The van der Waals surface area contributed by atoms with Crippen LogP contribution in [0.5, 0.6) is 5.75 Å². The van der Waals surface area contributed by atoms with Crippen LogP contribution in [0.3, 0.4) is 0 Å². The van der Waals surface area contributed by atoms with Gasteiger partial charge >= 0.3 is 0 Å². The molecule has 2 aromatic rings. The highest BCUT2D eigenvalue weighted by atomic mass is 16.4. The van der Waals surface area contributed by atoms with E-state index in [-0.39, 0.29) is 16.6 Å². The molecule has 1 aliphatic heterocycles. The van der Waals surface area contributed by atoms with Gasteiger partial charge in [0.1, 0.15) is 12.0 Å². The normalized spacial score (nSPS) is 19.8. The summed E-state index contributed by atoms with van der Waals surface area (Å²) in [5.74, 6) is 0.283. The lowest BCUT2D eigenvalue weighted by atomic mass is 9.74. The molecule has 4 rings (SSSR count). The Morgan fingerprint density at radius 2 is 2.00 bits per heavy atom. The molecule has 0 unspecified atom stereocenters. The Hall–Kier alpha value is -2.07. The van der Waals surface area contributed by atoms with Crippen LogP contribution in [0.1, 0.15) is 42.6 Å². The molecule has 23 heavy (non-hydrogen) atoms. The van der Waals surface area contributed by atoms with E-state index in [9.17, 15) is 9.90 Å². The summed E-state index contributed by atoms with van der Waals surface area (Å²) in [5, 5.41) is 9.33. The van der Waals surface area contributed by atoms with Gasteiger partial charge in [-0.1, -0.05) is 37.1 Å². The summed E-state index contributed by atoms with van der Waals surface area (Å²) >= 11 is 0. The zero-order valence-electron chi connectivity index (χ0n) is 13.1. The van der Waals surface area contributed by atoms with Crippen molar-refractivity contribution in [1.82, 2.24) is 4.90 Å². The SMILES string of the molecule is O=c1cc(CN2Cc3ccccc3C3(CCCC3)C2)occ1O. The van der Waals surface area contributed by atoms with E-state index in [1.54, 1.807) is 0 Å². The molecule has 1 aromatic heterocycles. The van der Waals surface area contributed by atoms with Crippen molar-refractivity contribution in [2.45, 2.75) is 44.2 Å². The Bertz CT molecular complexity index is 774. The summed E-state index contributed by atoms with van der Waals surface area (Å²) in [7, 11) is 0. The van der Waals surface area contributed by atoms with E-state index in [1.165, 1.54) is 42.9 Å². The van der Waals surface area contributed by atoms with Crippen molar-refractivity contribution in [3.05, 3.63) is 63.7 Å². The third kappa shape index (κ3) is 2.57. The van der Waals surface area contributed by atoms with Crippen LogP contribution in [0, 0.1) is 0 Å². The van der Waals surface area contributed by atoms with E-state index in [1.807, 2.05) is 0 Å². The molecule has 1 fully saturated rings. The number of hydrogen-bond donors (Lipinski definition) is 1. The van der Waals surface area contributed by atoms with Crippen molar-refractivity contribution in [2.75, 3.05) is 6.54 Å². The predicted molar refractivity (Wildman–Crippen MR) is 87.3 cm³/mol. The van der Waals surface area contributed by atoms with E-state index in [0.29, 0.717) is 12.3 Å². The minimum atomic E-state index is -0.376. The van der Waals surface area contributed by atoms with Gasteiger partial charge in [0.15, 0.2) is 5.75 Å². The minimum Gasteiger partial charge on any atom is -0.502 e. The highest BCUT2D eigenvalue weighted by Gasteiger charge is 2.41. The number of fused-ring (bicyclic) bond motifs is 2. The van der Waals surface area contributed by atoms with Gasteiger partial charge in [-0.25, -0.2) is 0 Å². The fourth-order valence-corrected chi connectivity index (χ4v) is 4.32. The maximum absolute atomic E-state index is 11.6. The van der Waals surface area contributed by atoms with E-state index < -0.39 is 0 Å². The van der Waals surface area contributed by atoms with Crippen LogP contribution in [-0.4, -0.2) is 16.6 Å². The molecule has 1 aromatic carbocycles. The summed E-state index contributed by atoms with van der Waals surface area (Å²) < 4.78 is 5.39. The van der Waals surface area contributed by atoms with Gasteiger partial charge in [0.05, 0.1) is 6.54 Å². The number of hydrogen-bond acceptors (Lipinski definition) is 4. The first-order valence-corrected chi connectivity index (χ1v) is 8.28. The number of rotatable bonds is 2. The topological polar surface area (TPSA) is 53.7 Å². The maximum atomic E-state index is 11.6. The lowest BCUT2D eigenvalue weighted by Gasteiger charge is -2.42. The first-order chi connectivity index (χ1) is 11.2. The van der Waals surface area contributed by atoms with Crippen LogP contribution in [0.4, 0.5) is 0 Å². The van der Waals surface area contributed by atoms with Gasteiger partial charge in [-0.2, -0.15) is 0 Å². The molecule has 2 aliphatic rings. The summed E-state index contributed by atoms with van der Waals surface area (Å²) in [5.41, 5.74) is 2.79. The average molecular weight is 311 g/mol. The predicted octanol–water partition coefficient (Wildman–Crippen LogP) is 3.17. The van der Waals surface area contributed by atoms with Gasteiger partial charge < -0.3 is 9.52 Å². The molecule has 1 aliphatic carbocycles. The van der Waals surface area contributed by atoms with Gasteiger partial charge in [0.2, 0.25) is 5.43 Å². The van der Waals surface area contributed by atoms with Gasteiger partial charge in [-0.05, 0) is 24.0 Å². The molecule has 120 valence electrons. The minimum absolute atomic E-state index is 0.256. The van der Waals surface area contributed by atoms with E-state index in [0.717, 1.165) is 19.4 Å². The molecule has 0 radical (unpaired) electrons. The Morgan fingerprint density at radius 3 is 2.78 bits per heavy atom. The molecular formula is C19H21NO3. The number of benzene rings is 1. The van der Waals surface area contributed by atoms with Crippen LogP contribution in [0.25, 0.3) is 0 Å². The molecule has 0 amide bonds. The first kappa shape index (κ1) is 14.5. The molecule has 4 nitrogen and oxygen atoms in total. The van der Waals surface area contributed by atoms with Gasteiger partial charge in [-0.15, -0.1) is 0 Å². The molecule has 1 saturated carbocycles. The second-order valence-corrected chi connectivity index (χ2v) is 6.89. The van der Waals surface area contributed by atoms with Gasteiger partial charge in [0.25, 0.3) is 0 Å². The summed E-state index contributed by atoms with van der Waals surface area (Å²) in [6.07, 6.45) is 6.19. The standard InChI is InChI=1S/C19H21NO3/c21-17-9-15(23-12-18(17)22)11-20-10-14-5-1-2-6-16(14)19(13-20)7-3-4-8-19/h1-2,5-6,9,12,22H,3-4,7-8,10-11,13H2. The molecule has 2 heterocycles. The average Bonchev–Trinajstić information content (AvgIpc) is 3.00. The van der Waals surface area contributed by atoms with E-state index >= 15 is 0 Å². The molecule has 1 spiro atoms. The van der Waals surface area contributed by atoms with Crippen LogP contribution < -0.4 is 5.43 Å². The fraction of sp³-hybridized carbons (Fsp3) is 0.421. The van der Waals surface area contributed by atoms with E-state index in [4.69, 9.17) is 4.42 Å². The molecule has 1 N–H and O–H groups in total. The van der Waals surface area contributed by atoms with Crippen molar-refractivity contribution in [1.29, 1.82) is 0 Å². The van der Waals surface area contributed by atoms with Crippen molar-refractivity contribution >= 4 is 0 Å². The molecule has 0 bridgehead atoms. The molecule has 0 atom stereocenters. The largest absolute Gasteiger partial charge is 0.502 e. The summed E-state index contributed by atoms with van der Waals surface area (Å²) in [4.78, 5) is 14.0. The van der Waals surface area contributed by atoms with Crippen molar-refractivity contribution < 1.29 is 9.52 Å². The maximum Gasteiger partial charge on any atom is 0.226 e. The highest BCUT2D eigenvalue weighted by molar-refractivity contribution is 5.38. The second-order valence-electron chi connectivity index (χ2n) is 6.89. The summed E-state index contributed by atoms with van der Waals surface area (Å²) in [6, 6.07) is 10.2. The van der Waals surface area contributed by atoms with Crippen LogP contribution >= 0.6 is 0 Å². The zero-order valence-corrected chi connectivity index (χ0v) is 13.1. The van der Waals surface area contributed by atoms with Gasteiger partial charge in [-0.3, -0.25) is 9.69 Å². The Labute approximate surface area is 135 Å². The Kier molecular flexibility index (Phi) is 3.49. The lowest BCUT2D eigenvalue weighted by Crippen LogP contribution is -2.43. The first-order valence-electron chi connectivity index (χ1n) is 8.28. The van der Waals surface area contributed by atoms with Crippen LogP contribution in [-0.2, 0) is 18.5 Å². The third-order valence-corrected chi connectivity index (χ3v) is 5.32. The second kappa shape index (κ2) is 5.53. The van der Waals surface area contributed by atoms with E-state index in [2.05, 4.69) is 29.2 Å². The van der Waals surface area contributed by atoms with Crippen molar-refractivity contribution in [3.8, 4) is 5.75 Å². The zero-order chi connectivity index (χ0) is 15.9. The molecule has 0 saturated heterocycles. The monoisotopic (exact) mass is 311 g/mol. The highest BCUT2D eigenvalue weighted by Crippen LogP contribution is 2.46. The third-order valence-electron chi connectivity index (χ3n) is 5.32. The lowest BCUT2D eigenvalue weighted by molar-refractivity contribution is 0.157. The molecular weight excluding hydrogens is 290 g/mol. The number of nitrogens with zero attached hydrogens (tertiary/aromatic N) is 1. The quantitative estimate of drug-likeness (QED) is 0.925. The fourth-order valence-electron chi connectivity index (χ4n) is 4.32. The Balaban J connectivity index is 1.64. The Morgan fingerprint density at radius 1 is 1.22 bits per heavy atom. The van der Waals surface area contributed by atoms with Crippen LogP contribution in [0.15, 0.2) is 45.8 Å². The van der Waals surface area contributed by atoms with Crippen molar-refractivity contribution in [3.63, 3.8) is 0 Å². The van der Waals surface area contributed by atoms with Crippen molar-refractivity contribution in [2.24, 2.45) is 0 Å². The molecule has 4 heteroatoms. The number of aromatic hydroxyl groups is 1. The van der Waals surface area contributed by atoms with Gasteiger partial charge in [0, 0.05) is 24.6 Å². The smallest absolute Gasteiger partial charge is 0.226 e. The summed E-state index contributed by atoms with van der Waals surface area (Å²) in [6.45, 7) is 2.49.